The summed E-state index contributed by atoms with van der Waals surface area (Å²) in [5.74, 6) is 0.585. The predicted octanol–water partition coefficient (Wildman–Crippen LogP) is 4.33. The lowest BCUT2D eigenvalue weighted by Crippen LogP contribution is -2.03. The predicted molar refractivity (Wildman–Crippen MR) is 108 cm³/mol. The Labute approximate surface area is 166 Å². The Balaban J connectivity index is 1.98. The molecular formula is C20H16FN5OS. The number of nitrogens with one attached hydrogen (secondary N) is 1. The molecular weight excluding hydrogens is 377 g/mol. The van der Waals surface area contributed by atoms with Crippen molar-refractivity contribution in [2.75, 3.05) is 18.8 Å². The van der Waals surface area contributed by atoms with E-state index in [2.05, 4.69) is 26.6 Å². The fraction of sp³-hybridized carbons (Fsp3) is 0.100. The van der Waals surface area contributed by atoms with Gasteiger partial charge in [0.05, 0.1) is 19.0 Å². The number of para-hydroxylation sites is 1. The summed E-state index contributed by atoms with van der Waals surface area (Å²) in [7, 11) is 1.58. The third-order valence-corrected chi connectivity index (χ3v) is 4.36. The summed E-state index contributed by atoms with van der Waals surface area (Å²) in [5.41, 5.74) is 4.84. The Morgan fingerprint density at radius 2 is 1.93 bits per heavy atom. The van der Waals surface area contributed by atoms with E-state index < -0.39 is 0 Å². The molecule has 1 heterocycles. The fourth-order valence-electron chi connectivity index (χ4n) is 2.47. The number of anilines is 1. The third-order valence-electron chi connectivity index (χ3n) is 3.81. The summed E-state index contributed by atoms with van der Waals surface area (Å²) < 4.78 is 18.5. The Bertz CT molecular complexity index is 1050. The van der Waals surface area contributed by atoms with E-state index >= 15 is 0 Å². The molecule has 0 aliphatic heterocycles. The number of benzene rings is 2. The number of hydrazone groups is 1. The number of hydrogen-bond acceptors (Lipinski definition) is 7. The normalized spacial score (nSPS) is 10.6. The highest BCUT2D eigenvalue weighted by Crippen LogP contribution is 2.28. The van der Waals surface area contributed by atoms with Gasteiger partial charge in [-0.05, 0) is 42.7 Å². The molecule has 0 unspecified atom stereocenters. The molecule has 0 radical (unpaired) electrons. The first-order valence-electron chi connectivity index (χ1n) is 8.20. The summed E-state index contributed by atoms with van der Waals surface area (Å²) in [6.45, 7) is 0. The van der Waals surface area contributed by atoms with Gasteiger partial charge in [-0.2, -0.15) is 10.4 Å². The lowest BCUT2D eigenvalue weighted by Gasteiger charge is -2.10. The van der Waals surface area contributed by atoms with Gasteiger partial charge in [-0.3, -0.25) is 5.43 Å². The number of nitriles is 1. The van der Waals surface area contributed by atoms with Crippen LogP contribution in [0.5, 0.6) is 5.75 Å². The molecule has 0 saturated carbocycles. The molecule has 2 aromatic carbocycles. The summed E-state index contributed by atoms with van der Waals surface area (Å²) in [5, 5.41) is 14.3. The number of nitrogens with zero attached hydrogens (tertiary/aromatic N) is 4. The van der Waals surface area contributed by atoms with Crippen molar-refractivity contribution in [2.24, 2.45) is 5.10 Å². The lowest BCUT2D eigenvalue weighted by atomic mass is 10.1. The number of rotatable bonds is 6. The zero-order chi connectivity index (χ0) is 19.9. The maximum Gasteiger partial charge on any atom is 0.189 e. The summed E-state index contributed by atoms with van der Waals surface area (Å²) in [4.78, 5) is 8.75. The molecule has 0 aliphatic carbocycles. The first-order chi connectivity index (χ1) is 13.7. The minimum absolute atomic E-state index is 0.224. The molecule has 140 valence electrons. The molecule has 3 aromatic rings. The van der Waals surface area contributed by atoms with Gasteiger partial charge in [0.15, 0.2) is 11.0 Å². The molecule has 6 nitrogen and oxygen atoms in total. The van der Waals surface area contributed by atoms with Crippen LogP contribution in [0.15, 0.2) is 58.8 Å². The van der Waals surface area contributed by atoms with Crippen LogP contribution in [0.3, 0.4) is 0 Å². The fourth-order valence-corrected chi connectivity index (χ4v) is 2.84. The minimum Gasteiger partial charge on any atom is -0.496 e. The van der Waals surface area contributed by atoms with Crippen LogP contribution in [-0.4, -0.2) is 29.5 Å². The monoisotopic (exact) mass is 393 g/mol. The van der Waals surface area contributed by atoms with Crippen LogP contribution in [0.4, 0.5) is 10.2 Å². The van der Waals surface area contributed by atoms with Gasteiger partial charge in [-0.25, -0.2) is 14.4 Å². The van der Waals surface area contributed by atoms with Crippen molar-refractivity contribution in [3.05, 3.63) is 65.5 Å². The minimum atomic E-state index is -0.360. The lowest BCUT2D eigenvalue weighted by molar-refractivity contribution is 0.414. The van der Waals surface area contributed by atoms with Crippen molar-refractivity contribution >= 4 is 23.8 Å². The molecule has 28 heavy (non-hydrogen) atoms. The number of thioether (sulfide) groups is 1. The highest BCUT2D eigenvalue weighted by atomic mass is 32.2. The zero-order valence-corrected chi connectivity index (χ0v) is 16.0. The molecule has 0 atom stereocenters. The topological polar surface area (TPSA) is 83.2 Å². The van der Waals surface area contributed by atoms with E-state index in [1.165, 1.54) is 23.9 Å². The van der Waals surface area contributed by atoms with E-state index in [0.29, 0.717) is 22.2 Å². The van der Waals surface area contributed by atoms with E-state index in [9.17, 15) is 9.65 Å². The Morgan fingerprint density at radius 3 is 2.61 bits per heavy atom. The van der Waals surface area contributed by atoms with Crippen molar-refractivity contribution in [1.29, 1.82) is 5.26 Å². The van der Waals surface area contributed by atoms with Gasteiger partial charge in [0.2, 0.25) is 0 Å². The molecule has 0 bridgehead atoms. The van der Waals surface area contributed by atoms with Gasteiger partial charge in [-0.1, -0.05) is 23.9 Å². The second-order valence-corrected chi connectivity index (χ2v) is 6.29. The second-order valence-electron chi connectivity index (χ2n) is 5.51. The zero-order valence-electron chi connectivity index (χ0n) is 15.2. The van der Waals surface area contributed by atoms with Gasteiger partial charge in [0.25, 0.3) is 0 Å². The van der Waals surface area contributed by atoms with Crippen molar-refractivity contribution < 1.29 is 9.13 Å². The first kappa shape index (κ1) is 19.3. The molecule has 0 saturated heterocycles. The highest BCUT2D eigenvalue weighted by molar-refractivity contribution is 7.98. The largest absolute Gasteiger partial charge is 0.496 e. The summed E-state index contributed by atoms with van der Waals surface area (Å²) in [6.07, 6.45) is 3.41. The standard InChI is InChI=1S/C20H16FN5OS/c1-27-17-6-4-3-5-14(17)12-23-26-19-16(11-22)18(24-20(25-19)28-2)13-7-9-15(21)10-8-13/h3-10,12H,1-2H3,(H,24,25,26)/b23-12+. The van der Waals surface area contributed by atoms with Gasteiger partial charge in [-0.15, -0.1) is 0 Å². The SMILES string of the molecule is COc1ccccc1/C=N/Nc1nc(SC)nc(-c2ccc(F)cc2)c1C#N. The Kier molecular flexibility index (Phi) is 6.19. The van der Waals surface area contributed by atoms with Gasteiger partial charge in [0, 0.05) is 11.1 Å². The van der Waals surface area contributed by atoms with E-state index in [-0.39, 0.29) is 17.2 Å². The van der Waals surface area contributed by atoms with E-state index in [0.717, 1.165) is 5.56 Å². The Morgan fingerprint density at radius 1 is 1.18 bits per heavy atom. The molecule has 0 aliphatic rings. The van der Waals surface area contributed by atoms with Crippen LogP contribution in [0, 0.1) is 17.1 Å². The molecule has 0 fully saturated rings. The van der Waals surface area contributed by atoms with Crippen LogP contribution < -0.4 is 10.2 Å². The number of ether oxygens (including phenoxy) is 1. The third kappa shape index (κ3) is 4.27. The van der Waals surface area contributed by atoms with E-state index in [1.807, 2.05) is 30.5 Å². The molecule has 0 spiro atoms. The van der Waals surface area contributed by atoms with Crippen molar-refractivity contribution in [3.8, 4) is 23.1 Å². The van der Waals surface area contributed by atoms with E-state index in [1.54, 1.807) is 25.5 Å². The van der Waals surface area contributed by atoms with Crippen LogP contribution in [0.25, 0.3) is 11.3 Å². The average molecular weight is 393 g/mol. The van der Waals surface area contributed by atoms with Gasteiger partial charge < -0.3 is 4.74 Å². The summed E-state index contributed by atoms with van der Waals surface area (Å²) >= 11 is 1.33. The number of halogens is 1. The highest BCUT2D eigenvalue weighted by Gasteiger charge is 2.16. The maximum atomic E-state index is 13.3. The molecule has 1 aromatic heterocycles. The van der Waals surface area contributed by atoms with Crippen LogP contribution >= 0.6 is 11.8 Å². The van der Waals surface area contributed by atoms with Crippen molar-refractivity contribution in [3.63, 3.8) is 0 Å². The van der Waals surface area contributed by atoms with Crippen molar-refractivity contribution in [1.82, 2.24) is 9.97 Å². The Hall–Kier alpha value is -3.44. The van der Waals surface area contributed by atoms with Gasteiger partial charge >= 0.3 is 0 Å². The van der Waals surface area contributed by atoms with Crippen LogP contribution in [0.1, 0.15) is 11.1 Å². The molecule has 0 amide bonds. The second kappa shape index (κ2) is 8.97. The van der Waals surface area contributed by atoms with Crippen LogP contribution in [0.2, 0.25) is 0 Å². The average Bonchev–Trinajstić information content (AvgIpc) is 2.74. The quantitative estimate of drug-likeness (QED) is 0.290. The van der Waals surface area contributed by atoms with Crippen LogP contribution in [-0.2, 0) is 0 Å². The number of hydrogen-bond donors (Lipinski definition) is 1. The molecule has 8 heteroatoms. The first-order valence-corrected chi connectivity index (χ1v) is 9.43. The van der Waals surface area contributed by atoms with E-state index in [4.69, 9.17) is 4.74 Å². The molecule has 3 rings (SSSR count). The summed E-state index contributed by atoms with van der Waals surface area (Å²) in [6, 6.07) is 15.3. The number of methoxy groups -OCH3 is 1. The smallest absolute Gasteiger partial charge is 0.189 e. The van der Waals surface area contributed by atoms with Gasteiger partial charge in [0.1, 0.15) is 23.2 Å². The number of aromatic nitrogens is 2. The molecule has 1 N–H and O–H groups in total. The maximum absolute atomic E-state index is 13.3. The van der Waals surface area contributed by atoms with Crippen molar-refractivity contribution in [2.45, 2.75) is 5.16 Å².